The second-order valence-corrected chi connectivity index (χ2v) is 8.15. The molecule has 1 aliphatic heterocycles. The van der Waals surface area contributed by atoms with Crippen LogP contribution in [0, 0.1) is 11.8 Å². The number of aromatic nitrogens is 3. The van der Waals surface area contributed by atoms with Gasteiger partial charge in [-0.2, -0.15) is 0 Å². The molecule has 3 heterocycles. The Kier molecular flexibility index (Phi) is 4.76. The molecule has 7 nitrogen and oxygen atoms in total. The van der Waals surface area contributed by atoms with E-state index in [9.17, 15) is 9.90 Å². The average molecular weight is 424 g/mol. The number of nitrogens with two attached hydrogens (primary N) is 1. The number of amides is 1. The van der Waals surface area contributed by atoms with Gasteiger partial charge in [0.05, 0.1) is 10.6 Å². The molecular formula is C21H17FN4O3S. The lowest BCUT2D eigenvalue weighted by molar-refractivity contribution is 0.0999. The summed E-state index contributed by atoms with van der Waals surface area (Å²) in [4.78, 5) is 24.2. The number of fused-ring (bicyclic) bond motifs is 3. The first-order valence-electron chi connectivity index (χ1n) is 8.98. The monoisotopic (exact) mass is 424 g/mol. The van der Waals surface area contributed by atoms with E-state index >= 15 is 4.39 Å². The van der Waals surface area contributed by atoms with E-state index in [1.54, 1.807) is 24.3 Å². The Bertz CT molecular complexity index is 1200. The SMILES string of the molecule is C[C@]1(F)COc2ccc(C#C[C@@](C)(O)c3ncccn3)cc2-c2nc(C(N)=O)sc21. The summed E-state index contributed by atoms with van der Waals surface area (Å²) < 4.78 is 20.8. The molecule has 152 valence electrons. The number of carbonyl (C=O) groups is 1. The van der Waals surface area contributed by atoms with Crippen LogP contribution < -0.4 is 10.5 Å². The molecule has 0 fully saturated rings. The van der Waals surface area contributed by atoms with Crippen molar-refractivity contribution in [3.8, 4) is 28.8 Å². The lowest BCUT2D eigenvalue weighted by atomic mass is 10.0. The maximum atomic E-state index is 15.2. The molecular weight excluding hydrogens is 407 g/mol. The number of thiazole rings is 1. The fraction of sp³-hybridized carbons (Fsp3) is 0.238. The van der Waals surface area contributed by atoms with Gasteiger partial charge in [-0.3, -0.25) is 4.79 Å². The van der Waals surface area contributed by atoms with Crippen LogP contribution in [0.3, 0.4) is 0 Å². The van der Waals surface area contributed by atoms with Gasteiger partial charge in [-0.15, -0.1) is 11.3 Å². The Morgan fingerprint density at radius 3 is 2.83 bits per heavy atom. The predicted molar refractivity (Wildman–Crippen MR) is 109 cm³/mol. The second-order valence-electron chi connectivity index (χ2n) is 7.15. The lowest BCUT2D eigenvalue weighted by Crippen LogP contribution is -2.22. The van der Waals surface area contributed by atoms with Gasteiger partial charge < -0.3 is 15.6 Å². The first-order chi connectivity index (χ1) is 14.2. The standard InChI is InChI=1S/C21H17FN4O3S/c1-20(22)11-29-14-5-4-12(6-7-21(2,28)19-24-8-3-9-25-19)10-13(14)15-16(20)30-18(26-15)17(23)27/h3-5,8-10,28H,11H2,1-2H3,(H2,23,27)/t20-,21+/m0/s1. The van der Waals surface area contributed by atoms with Gasteiger partial charge in [-0.05, 0) is 38.1 Å². The third kappa shape index (κ3) is 3.63. The maximum Gasteiger partial charge on any atom is 0.277 e. The van der Waals surface area contributed by atoms with Crippen LogP contribution in [0.2, 0.25) is 0 Å². The molecule has 1 aliphatic rings. The van der Waals surface area contributed by atoms with Crippen molar-refractivity contribution in [2.24, 2.45) is 5.73 Å². The first kappa shape index (κ1) is 19.9. The quantitative estimate of drug-likeness (QED) is 0.612. The summed E-state index contributed by atoms with van der Waals surface area (Å²) >= 11 is 0.915. The zero-order valence-corrected chi connectivity index (χ0v) is 17.0. The van der Waals surface area contributed by atoms with Crippen LogP contribution in [-0.2, 0) is 11.3 Å². The van der Waals surface area contributed by atoms with E-state index in [0.29, 0.717) is 22.6 Å². The van der Waals surface area contributed by atoms with E-state index in [1.807, 2.05) is 0 Å². The highest BCUT2D eigenvalue weighted by atomic mass is 32.1. The number of ether oxygens (including phenoxy) is 1. The van der Waals surface area contributed by atoms with Crippen LogP contribution in [0.25, 0.3) is 11.3 Å². The number of alkyl halides is 1. The summed E-state index contributed by atoms with van der Waals surface area (Å²) in [5.74, 6) is 5.52. The highest BCUT2D eigenvalue weighted by molar-refractivity contribution is 7.14. The van der Waals surface area contributed by atoms with Crippen LogP contribution in [0.15, 0.2) is 36.7 Å². The zero-order valence-electron chi connectivity index (χ0n) is 16.1. The number of nitrogens with zero attached hydrogens (tertiary/aromatic N) is 3. The maximum absolute atomic E-state index is 15.2. The van der Waals surface area contributed by atoms with Crippen molar-refractivity contribution in [3.63, 3.8) is 0 Å². The zero-order chi connectivity index (χ0) is 21.5. The minimum atomic E-state index is -1.83. The van der Waals surface area contributed by atoms with Crippen molar-refractivity contribution in [1.82, 2.24) is 15.0 Å². The normalized spacial score (nSPS) is 19.2. The topological polar surface area (TPSA) is 111 Å². The van der Waals surface area contributed by atoms with E-state index in [-0.39, 0.29) is 22.3 Å². The van der Waals surface area contributed by atoms with Crippen LogP contribution in [0.5, 0.6) is 5.75 Å². The second kappa shape index (κ2) is 7.16. The van der Waals surface area contributed by atoms with Gasteiger partial charge in [0, 0.05) is 23.5 Å². The summed E-state index contributed by atoms with van der Waals surface area (Å²) in [6, 6.07) is 6.66. The fourth-order valence-corrected chi connectivity index (χ4v) is 3.91. The van der Waals surface area contributed by atoms with Crippen molar-refractivity contribution in [1.29, 1.82) is 0 Å². The predicted octanol–water partition coefficient (Wildman–Crippen LogP) is 2.54. The Morgan fingerprint density at radius 2 is 2.13 bits per heavy atom. The molecule has 4 rings (SSSR count). The van der Waals surface area contributed by atoms with E-state index in [4.69, 9.17) is 10.5 Å². The number of carbonyl (C=O) groups excluding carboxylic acids is 1. The largest absolute Gasteiger partial charge is 0.489 e. The van der Waals surface area contributed by atoms with Crippen LogP contribution in [0.4, 0.5) is 4.39 Å². The molecule has 0 saturated heterocycles. The number of benzene rings is 1. The molecule has 0 radical (unpaired) electrons. The van der Waals surface area contributed by atoms with Crippen LogP contribution >= 0.6 is 11.3 Å². The molecule has 3 N–H and O–H groups in total. The Morgan fingerprint density at radius 1 is 1.40 bits per heavy atom. The summed E-state index contributed by atoms with van der Waals surface area (Å²) in [7, 11) is 0. The number of hydrogen-bond donors (Lipinski definition) is 2. The Hall–Kier alpha value is -3.35. The van der Waals surface area contributed by atoms with E-state index < -0.39 is 17.2 Å². The van der Waals surface area contributed by atoms with Crippen LogP contribution in [0.1, 0.15) is 39.9 Å². The number of hydrogen-bond acceptors (Lipinski definition) is 7. The lowest BCUT2D eigenvalue weighted by Gasteiger charge is -2.16. The minimum absolute atomic E-state index is 0.0253. The Labute approximate surface area is 175 Å². The van der Waals surface area contributed by atoms with Gasteiger partial charge in [-0.25, -0.2) is 19.3 Å². The number of rotatable bonds is 2. The molecule has 3 aromatic rings. The van der Waals surface area contributed by atoms with E-state index in [0.717, 1.165) is 11.3 Å². The molecule has 2 atom stereocenters. The molecule has 0 saturated carbocycles. The third-order valence-corrected chi connectivity index (χ3v) is 5.81. The van der Waals surface area contributed by atoms with Crippen molar-refractivity contribution in [2.75, 3.05) is 6.61 Å². The van der Waals surface area contributed by atoms with Crippen molar-refractivity contribution in [2.45, 2.75) is 25.1 Å². The molecule has 1 amide bonds. The van der Waals surface area contributed by atoms with Gasteiger partial charge in [-0.1, -0.05) is 11.8 Å². The van der Waals surface area contributed by atoms with Gasteiger partial charge in [0.25, 0.3) is 5.91 Å². The van der Waals surface area contributed by atoms with Gasteiger partial charge in [0.1, 0.15) is 12.4 Å². The molecule has 0 bridgehead atoms. The Balaban J connectivity index is 1.79. The van der Waals surface area contributed by atoms with Crippen molar-refractivity contribution in [3.05, 3.63) is 57.9 Å². The minimum Gasteiger partial charge on any atom is -0.489 e. The number of aliphatic hydroxyl groups is 1. The summed E-state index contributed by atoms with van der Waals surface area (Å²) in [5, 5.41) is 10.6. The molecule has 0 aliphatic carbocycles. The summed E-state index contributed by atoms with van der Waals surface area (Å²) in [6.45, 7) is 2.64. The summed E-state index contributed by atoms with van der Waals surface area (Å²) in [6.07, 6.45) is 3.04. The molecule has 0 spiro atoms. The highest BCUT2D eigenvalue weighted by Crippen LogP contribution is 2.45. The molecule has 1 aromatic carbocycles. The first-order valence-corrected chi connectivity index (χ1v) is 9.79. The molecule has 30 heavy (non-hydrogen) atoms. The van der Waals surface area contributed by atoms with Crippen molar-refractivity contribution < 1.29 is 19.0 Å². The molecule has 2 aromatic heterocycles. The van der Waals surface area contributed by atoms with E-state index in [2.05, 4.69) is 26.8 Å². The van der Waals surface area contributed by atoms with Crippen LogP contribution in [-0.4, -0.2) is 32.6 Å². The van der Waals surface area contributed by atoms with E-state index in [1.165, 1.54) is 26.2 Å². The van der Waals surface area contributed by atoms with Gasteiger partial charge >= 0.3 is 0 Å². The summed E-state index contributed by atoms with van der Waals surface area (Å²) in [5.41, 5.74) is 3.29. The number of halogens is 1. The average Bonchev–Trinajstić information content (AvgIpc) is 3.15. The fourth-order valence-electron chi connectivity index (χ4n) is 2.96. The molecule has 9 heteroatoms. The molecule has 0 unspecified atom stereocenters. The number of primary amides is 1. The third-order valence-electron chi connectivity index (χ3n) is 4.50. The van der Waals surface area contributed by atoms with Gasteiger partial charge in [0.2, 0.25) is 0 Å². The van der Waals surface area contributed by atoms with Gasteiger partial charge in [0.15, 0.2) is 22.1 Å². The highest BCUT2D eigenvalue weighted by Gasteiger charge is 2.38. The van der Waals surface area contributed by atoms with Crippen molar-refractivity contribution >= 4 is 17.2 Å². The smallest absolute Gasteiger partial charge is 0.277 e.